The van der Waals surface area contributed by atoms with E-state index >= 15 is 0 Å². The highest BCUT2D eigenvalue weighted by Crippen LogP contribution is 2.25. The van der Waals surface area contributed by atoms with Crippen molar-refractivity contribution in [3.63, 3.8) is 0 Å². The molecule has 0 bridgehead atoms. The molecule has 0 aliphatic heterocycles. The Labute approximate surface area is 150 Å². The van der Waals surface area contributed by atoms with Crippen LogP contribution in [0.4, 0.5) is 5.69 Å². The SMILES string of the molecule is Cc1ccc(C(=O)Nc2ccc(OC3CCCC3)cc2)c(I)c1. The maximum absolute atomic E-state index is 12.4. The number of hydrogen-bond donors (Lipinski definition) is 1. The zero-order chi connectivity index (χ0) is 16.2. The number of ether oxygens (including phenoxy) is 1. The highest BCUT2D eigenvalue weighted by Gasteiger charge is 2.16. The maximum atomic E-state index is 12.4. The number of benzene rings is 2. The fourth-order valence-corrected chi connectivity index (χ4v) is 3.73. The molecule has 1 saturated carbocycles. The molecule has 0 atom stereocenters. The van der Waals surface area contributed by atoms with E-state index in [9.17, 15) is 4.79 Å². The van der Waals surface area contributed by atoms with Gasteiger partial charge in [-0.2, -0.15) is 0 Å². The van der Waals surface area contributed by atoms with Gasteiger partial charge < -0.3 is 10.1 Å². The lowest BCUT2D eigenvalue weighted by Gasteiger charge is -2.13. The summed E-state index contributed by atoms with van der Waals surface area (Å²) < 4.78 is 6.90. The third kappa shape index (κ3) is 4.25. The van der Waals surface area contributed by atoms with Gasteiger partial charge in [-0.1, -0.05) is 11.6 Å². The number of carbonyl (C=O) groups excluding carboxylic acids is 1. The molecule has 1 fully saturated rings. The van der Waals surface area contributed by atoms with E-state index in [1.54, 1.807) is 0 Å². The van der Waals surface area contributed by atoms with Crippen LogP contribution in [0.2, 0.25) is 0 Å². The average Bonchev–Trinajstić information content (AvgIpc) is 3.02. The van der Waals surface area contributed by atoms with Gasteiger partial charge in [0, 0.05) is 9.26 Å². The molecule has 0 spiro atoms. The van der Waals surface area contributed by atoms with Gasteiger partial charge >= 0.3 is 0 Å². The number of amides is 1. The van der Waals surface area contributed by atoms with Crippen molar-refractivity contribution in [1.29, 1.82) is 0 Å². The number of aryl methyl sites for hydroxylation is 1. The van der Waals surface area contributed by atoms with Gasteiger partial charge in [0.15, 0.2) is 0 Å². The fourth-order valence-electron chi connectivity index (χ4n) is 2.82. The number of hydrogen-bond acceptors (Lipinski definition) is 2. The molecule has 2 aromatic carbocycles. The Morgan fingerprint density at radius 3 is 2.48 bits per heavy atom. The Morgan fingerprint density at radius 2 is 1.83 bits per heavy atom. The molecule has 3 rings (SSSR count). The van der Waals surface area contributed by atoms with Crippen LogP contribution in [0, 0.1) is 10.5 Å². The quantitative estimate of drug-likeness (QED) is 0.692. The van der Waals surface area contributed by atoms with Gasteiger partial charge in [-0.3, -0.25) is 4.79 Å². The van der Waals surface area contributed by atoms with Crippen molar-refractivity contribution in [2.24, 2.45) is 0 Å². The molecule has 3 nitrogen and oxygen atoms in total. The van der Waals surface area contributed by atoms with Crippen molar-refractivity contribution in [3.8, 4) is 5.75 Å². The summed E-state index contributed by atoms with van der Waals surface area (Å²) in [4.78, 5) is 12.4. The van der Waals surface area contributed by atoms with E-state index in [-0.39, 0.29) is 5.91 Å². The molecule has 1 aliphatic carbocycles. The lowest BCUT2D eigenvalue weighted by molar-refractivity contribution is 0.102. The Kier molecular flexibility index (Phi) is 5.20. The summed E-state index contributed by atoms with van der Waals surface area (Å²) in [6, 6.07) is 13.5. The predicted octanol–water partition coefficient (Wildman–Crippen LogP) is 5.17. The van der Waals surface area contributed by atoms with Gasteiger partial charge in [-0.25, -0.2) is 0 Å². The van der Waals surface area contributed by atoms with E-state index < -0.39 is 0 Å². The van der Waals surface area contributed by atoms with Crippen LogP contribution >= 0.6 is 22.6 Å². The Hall–Kier alpha value is -1.56. The van der Waals surface area contributed by atoms with Gasteiger partial charge in [0.05, 0.1) is 11.7 Å². The molecule has 2 aromatic rings. The summed E-state index contributed by atoms with van der Waals surface area (Å²) in [6.45, 7) is 2.02. The van der Waals surface area contributed by atoms with Crippen LogP contribution in [-0.4, -0.2) is 12.0 Å². The van der Waals surface area contributed by atoms with Gasteiger partial charge in [-0.15, -0.1) is 0 Å². The molecule has 0 saturated heterocycles. The van der Waals surface area contributed by atoms with Gasteiger partial charge in [-0.05, 0) is 91.6 Å². The summed E-state index contributed by atoms with van der Waals surface area (Å²) in [5.74, 6) is 0.790. The van der Waals surface area contributed by atoms with Crippen LogP contribution in [0.5, 0.6) is 5.75 Å². The van der Waals surface area contributed by atoms with E-state index in [2.05, 4.69) is 27.9 Å². The predicted molar refractivity (Wildman–Crippen MR) is 101 cm³/mol. The summed E-state index contributed by atoms with van der Waals surface area (Å²) in [6.07, 6.45) is 5.15. The highest BCUT2D eigenvalue weighted by molar-refractivity contribution is 14.1. The molecule has 4 heteroatoms. The van der Waals surface area contributed by atoms with E-state index in [4.69, 9.17) is 4.74 Å². The average molecular weight is 421 g/mol. The van der Waals surface area contributed by atoms with Crippen LogP contribution in [-0.2, 0) is 0 Å². The first kappa shape index (κ1) is 16.3. The molecule has 1 amide bonds. The molecule has 0 radical (unpaired) electrons. The topological polar surface area (TPSA) is 38.3 Å². The van der Waals surface area contributed by atoms with Crippen LogP contribution in [0.1, 0.15) is 41.6 Å². The van der Waals surface area contributed by atoms with Crippen molar-refractivity contribution < 1.29 is 9.53 Å². The number of carbonyl (C=O) groups is 1. The molecular formula is C19H20INO2. The second kappa shape index (κ2) is 7.34. The van der Waals surface area contributed by atoms with E-state index in [1.807, 2.05) is 49.4 Å². The highest BCUT2D eigenvalue weighted by atomic mass is 127. The normalized spacial score (nSPS) is 14.7. The maximum Gasteiger partial charge on any atom is 0.256 e. The summed E-state index contributed by atoms with van der Waals surface area (Å²) >= 11 is 2.20. The molecule has 1 aliphatic rings. The third-order valence-electron chi connectivity index (χ3n) is 4.09. The lowest BCUT2D eigenvalue weighted by Crippen LogP contribution is -2.14. The third-order valence-corrected chi connectivity index (χ3v) is 4.98. The van der Waals surface area contributed by atoms with Crippen molar-refractivity contribution in [2.45, 2.75) is 38.7 Å². The molecule has 0 unspecified atom stereocenters. The number of nitrogens with one attached hydrogen (secondary N) is 1. The molecule has 0 aromatic heterocycles. The Balaban J connectivity index is 1.64. The van der Waals surface area contributed by atoms with E-state index in [1.165, 1.54) is 12.8 Å². The first-order valence-corrected chi connectivity index (χ1v) is 9.04. The lowest BCUT2D eigenvalue weighted by atomic mass is 10.1. The minimum Gasteiger partial charge on any atom is -0.490 e. The first-order chi connectivity index (χ1) is 11.1. The minimum absolute atomic E-state index is 0.0844. The van der Waals surface area contributed by atoms with Crippen molar-refractivity contribution >= 4 is 34.2 Å². The molecule has 23 heavy (non-hydrogen) atoms. The summed E-state index contributed by atoms with van der Waals surface area (Å²) in [5, 5.41) is 2.94. The first-order valence-electron chi connectivity index (χ1n) is 7.96. The van der Waals surface area contributed by atoms with Gasteiger partial charge in [0.2, 0.25) is 0 Å². The second-order valence-electron chi connectivity index (χ2n) is 5.99. The summed E-state index contributed by atoms with van der Waals surface area (Å²) in [5.41, 5.74) is 2.63. The zero-order valence-electron chi connectivity index (χ0n) is 13.1. The molecule has 1 N–H and O–H groups in total. The van der Waals surface area contributed by atoms with Crippen molar-refractivity contribution in [2.75, 3.05) is 5.32 Å². The molecular weight excluding hydrogens is 401 g/mol. The van der Waals surface area contributed by atoms with Gasteiger partial charge in [0.1, 0.15) is 5.75 Å². The smallest absolute Gasteiger partial charge is 0.256 e. The monoisotopic (exact) mass is 421 g/mol. The number of rotatable bonds is 4. The van der Waals surface area contributed by atoms with Crippen LogP contribution in [0.3, 0.4) is 0 Å². The van der Waals surface area contributed by atoms with Crippen LogP contribution < -0.4 is 10.1 Å². The van der Waals surface area contributed by atoms with Crippen LogP contribution in [0.25, 0.3) is 0 Å². The standard InChI is InChI=1S/C19H20INO2/c1-13-6-11-17(18(20)12-13)19(22)21-14-7-9-16(10-8-14)23-15-4-2-3-5-15/h6-12,15H,2-5H2,1H3,(H,21,22). The van der Waals surface area contributed by atoms with Crippen LogP contribution in [0.15, 0.2) is 42.5 Å². The van der Waals surface area contributed by atoms with E-state index in [0.717, 1.165) is 33.4 Å². The van der Waals surface area contributed by atoms with Gasteiger partial charge in [0.25, 0.3) is 5.91 Å². The minimum atomic E-state index is -0.0844. The second-order valence-corrected chi connectivity index (χ2v) is 7.15. The number of anilines is 1. The Morgan fingerprint density at radius 1 is 1.13 bits per heavy atom. The van der Waals surface area contributed by atoms with E-state index in [0.29, 0.717) is 11.7 Å². The fraction of sp³-hybridized carbons (Fsp3) is 0.316. The number of halogens is 1. The zero-order valence-corrected chi connectivity index (χ0v) is 15.3. The Bertz CT molecular complexity index is 691. The van der Waals surface area contributed by atoms with Crippen molar-refractivity contribution in [3.05, 3.63) is 57.2 Å². The largest absolute Gasteiger partial charge is 0.490 e. The molecule has 120 valence electrons. The molecule has 0 heterocycles. The summed E-state index contributed by atoms with van der Waals surface area (Å²) in [7, 11) is 0. The van der Waals surface area contributed by atoms with Crippen molar-refractivity contribution in [1.82, 2.24) is 0 Å².